The molecule has 1 amide bonds. The number of hydrogen-bond acceptors (Lipinski definition) is 3. The minimum atomic E-state index is -0.00986. The van der Waals surface area contributed by atoms with Gasteiger partial charge in [-0.1, -0.05) is 6.07 Å². The summed E-state index contributed by atoms with van der Waals surface area (Å²) >= 11 is 0. The quantitative estimate of drug-likeness (QED) is 0.746. The smallest absolute Gasteiger partial charge is 0.238 e. The summed E-state index contributed by atoms with van der Waals surface area (Å²) in [6, 6.07) is 5.72. The molecule has 1 heterocycles. The van der Waals surface area contributed by atoms with Gasteiger partial charge in [-0.3, -0.25) is 9.89 Å². The standard InChI is InChI=1S/C13H16N4O/c18-13(8-14-6-9-4-5-9)16-11-2-1-3-12-10(11)7-15-17-12/h1-3,7,9,14H,4-6,8H2,(H,15,17)(H,16,18). The van der Waals surface area contributed by atoms with Gasteiger partial charge in [0.25, 0.3) is 0 Å². The first-order valence-electron chi connectivity index (χ1n) is 6.25. The van der Waals surface area contributed by atoms with E-state index in [0.29, 0.717) is 6.54 Å². The van der Waals surface area contributed by atoms with Crippen LogP contribution in [0.3, 0.4) is 0 Å². The summed E-state index contributed by atoms with van der Waals surface area (Å²) in [5.74, 6) is 0.777. The Morgan fingerprint density at radius 1 is 1.44 bits per heavy atom. The molecule has 1 aliphatic rings. The number of aromatic nitrogens is 2. The van der Waals surface area contributed by atoms with Crippen molar-refractivity contribution in [1.82, 2.24) is 15.5 Å². The van der Waals surface area contributed by atoms with Crippen LogP contribution < -0.4 is 10.6 Å². The summed E-state index contributed by atoms with van der Waals surface area (Å²) in [7, 11) is 0. The summed E-state index contributed by atoms with van der Waals surface area (Å²) in [4.78, 5) is 11.8. The van der Waals surface area contributed by atoms with Crippen molar-refractivity contribution in [3.05, 3.63) is 24.4 Å². The highest BCUT2D eigenvalue weighted by Crippen LogP contribution is 2.27. The van der Waals surface area contributed by atoms with E-state index >= 15 is 0 Å². The molecular formula is C13H16N4O. The van der Waals surface area contributed by atoms with Crippen molar-refractivity contribution >= 4 is 22.5 Å². The van der Waals surface area contributed by atoms with E-state index in [-0.39, 0.29) is 5.91 Å². The van der Waals surface area contributed by atoms with Crippen molar-refractivity contribution in [2.75, 3.05) is 18.4 Å². The van der Waals surface area contributed by atoms with Crippen molar-refractivity contribution in [2.45, 2.75) is 12.8 Å². The van der Waals surface area contributed by atoms with Crippen LogP contribution >= 0.6 is 0 Å². The van der Waals surface area contributed by atoms with Crippen molar-refractivity contribution in [3.63, 3.8) is 0 Å². The predicted molar refractivity (Wildman–Crippen MR) is 70.3 cm³/mol. The molecule has 1 saturated carbocycles. The minimum absolute atomic E-state index is 0.00986. The van der Waals surface area contributed by atoms with E-state index < -0.39 is 0 Å². The van der Waals surface area contributed by atoms with Gasteiger partial charge in [-0.05, 0) is 37.4 Å². The monoisotopic (exact) mass is 244 g/mol. The minimum Gasteiger partial charge on any atom is -0.324 e. The average molecular weight is 244 g/mol. The number of rotatable bonds is 5. The van der Waals surface area contributed by atoms with Crippen LogP contribution in [0.15, 0.2) is 24.4 Å². The maximum absolute atomic E-state index is 11.8. The molecule has 3 N–H and O–H groups in total. The number of carbonyl (C=O) groups excluding carboxylic acids is 1. The summed E-state index contributed by atoms with van der Waals surface area (Å²) in [5, 5.41) is 13.9. The highest BCUT2D eigenvalue weighted by Gasteiger charge is 2.20. The van der Waals surface area contributed by atoms with Crippen LogP contribution in [0.2, 0.25) is 0 Å². The predicted octanol–water partition coefficient (Wildman–Crippen LogP) is 1.50. The number of anilines is 1. The van der Waals surface area contributed by atoms with Crippen molar-refractivity contribution in [3.8, 4) is 0 Å². The van der Waals surface area contributed by atoms with Crippen LogP contribution in [0, 0.1) is 5.92 Å². The van der Waals surface area contributed by atoms with E-state index in [1.807, 2.05) is 18.2 Å². The molecule has 0 bridgehead atoms. The largest absolute Gasteiger partial charge is 0.324 e. The van der Waals surface area contributed by atoms with E-state index in [1.54, 1.807) is 6.20 Å². The molecule has 0 spiro atoms. The van der Waals surface area contributed by atoms with Gasteiger partial charge in [0.05, 0.1) is 23.9 Å². The fourth-order valence-corrected chi connectivity index (χ4v) is 1.98. The summed E-state index contributed by atoms with van der Waals surface area (Å²) < 4.78 is 0. The highest BCUT2D eigenvalue weighted by atomic mass is 16.1. The van der Waals surface area contributed by atoms with Crippen LogP contribution in [0.25, 0.3) is 10.9 Å². The Morgan fingerprint density at radius 2 is 2.33 bits per heavy atom. The molecule has 94 valence electrons. The Morgan fingerprint density at radius 3 is 3.17 bits per heavy atom. The number of benzene rings is 1. The maximum atomic E-state index is 11.8. The molecule has 0 aliphatic heterocycles. The van der Waals surface area contributed by atoms with Gasteiger partial charge in [-0.2, -0.15) is 5.10 Å². The molecule has 1 fully saturated rings. The Balaban J connectivity index is 1.60. The van der Waals surface area contributed by atoms with Crippen LogP contribution in [0.1, 0.15) is 12.8 Å². The molecule has 5 nitrogen and oxygen atoms in total. The average Bonchev–Trinajstić information content (AvgIpc) is 3.05. The van der Waals surface area contributed by atoms with Gasteiger partial charge in [0.2, 0.25) is 5.91 Å². The maximum Gasteiger partial charge on any atom is 0.238 e. The lowest BCUT2D eigenvalue weighted by Crippen LogP contribution is -2.29. The lowest BCUT2D eigenvalue weighted by atomic mass is 10.2. The Bertz CT molecular complexity index is 559. The zero-order valence-electron chi connectivity index (χ0n) is 10.1. The third-order valence-corrected chi connectivity index (χ3v) is 3.17. The van der Waals surface area contributed by atoms with Gasteiger partial charge >= 0.3 is 0 Å². The first-order valence-corrected chi connectivity index (χ1v) is 6.25. The van der Waals surface area contributed by atoms with Gasteiger partial charge in [0, 0.05) is 5.39 Å². The normalized spacial score (nSPS) is 14.9. The van der Waals surface area contributed by atoms with Crippen LogP contribution in [-0.2, 0) is 4.79 Å². The number of amides is 1. The van der Waals surface area contributed by atoms with Gasteiger partial charge in [0.15, 0.2) is 0 Å². The van der Waals surface area contributed by atoms with Gasteiger partial charge < -0.3 is 10.6 Å². The van der Waals surface area contributed by atoms with Crippen molar-refractivity contribution < 1.29 is 4.79 Å². The van der Waals surface area contributed by atoms with E-state index in [0.717, 1.165) is 29.1 Å². The van der Waals surface area contributed by atoms with E-state index in [2.05, 4.69) is 20.8 Å². The summed E-state index contributed by atoms with van der Waals surface area (Å²) in [5.41, 5.74) is 1.73. The van der Waals surface area contributed by atoms with Crippen LogP contribution in [0.4, 0.5) is 5.69 Å². The van der Waals surface area contributed by atoms with Crippen LogP contribution in [-0.4, -0.2) is 29.2 Å². The second-order valence-corrected chi connectivity index (χ2v) is 4.76. The molecule has 0 atom stereocenters. The SMILES string of the molecule is O=C(CNCC1CC1)Nc1cccc2[nH]ncc12. The number of carbonyl (C=O) groups is 1. The number of hydrogen-bond donors (Lipinski definition) is 3. The number of nitrogens with zero attached hydrogens (tertiary/aromatic N) is 1. The zero-order chi connectivity index (χ0) is 12.4. The van der Waals surface area contributed by atoms with Crippen molar-refractivity contribution in [2.24, 2.45) is 5.92 Å². The number of aromatic amines is 1. The first-order chi connectivity index (χ1) is 8.83. The molecular weight excluding hydrogens is 228 g/mol. The second-order valence-electron chi connectivity index (χ2n) is 4.76. The molecule has 18 heavy (non-hydrogen) atoms. The van der Waals surface area contributed by atoms with Gasteiger partial charge in [-0.25, -0.2) is 0 Å². The van der Waals surface area contributed by atoms with E-state index in [1.165, 1.54) is 12.8 Å². The Labute approximate surface area is 105 Å². The molecule has 1 aliphatic carbocycles. The molecule has 0 radical (unpaired) electrons. The lowest BCUT2D eigenvalue weighted by Gasteiger charge is -2.07. The van der Waals surface area contributed by atoms with E-state index in [4.69, 9.17) is 0 Å². The molecule has 3 rings (SSSR count). The molecule has 2 aromatic rings. The lowest BCUT2D eigenvalue weighted by molar-refractivity contribution is -0.115. The highest BCUT2D eigenvalue weighted by molar-refractivity contribution is 6.01. The Kier molecular flexibility index (Phi) is 2.98. The third kappa shape index (κ3) is 2.51. The third-order valence-electron chi connectivity index (χ3n) is 3.17. The van der Waals surface area contributed by atoms with Gasteiger partial charge in [-0.15, -0.1) is 0 Å². The topological polar surface area (TPSA) is 69.8 Å². The van der Waals surface area contributed by atoms with E-state index in [9.17, 15) is 4.79 Å². The fourth-order valence-electron chi connectivity index (χ4n) is 1.98. The fraction of sp³-hybridized carbons (Fsp3) is 0.385. The van der Waals surface area contributed by atoms with Crippen LogP contribution in [0.5, 0.6) is 0 Å². The summed E-state index contributed by atoms with van der Waals surface area (Å²) in [6.45, 7) is 1.31. The number of H-pyrrole nitrogens is 1. The molecule has 5 heteroatoms. The zero-order valence-corrected chi connectivity index (χ0v) is 10.1. The second kappa shape index (κ2) is 4.78. The molecule has 1 aromatic heterocycles. The molecule has 0 saturated heterocycles. The first kappa shape index (κ1) is 11.2. The molecule has 1 aromatic carbocycles. The van der Waals surface area contributed by atoms with Gasteiger partial charge in [0.1, 0.15) is 0 Å². The molecule has 0 unspecified atom stereocenters. The Hall–Kier alpha value is -1.88. The van der Waals surface area contributed by atoms with Crippen molar-refractivity contribution in [1.29, 1.82) is 0 Å². The number of nitrogens with one attached hydrogen (secondary N) is 3. The summed E-state index contributed by atoms with van der Waals surface area (Å²) in [6.07, 6.45) is 4.31. The number of fused-ring (bicyclic) bond motifs is 1.